The summed E-state index contributed by atoms with van der Waals surface area (Å²) in [5, 5.41) is 10.2. The van der Waals surface area contributed by atoms with Crippen LogP contribution in [0.5, 0.6) is 5.75 Å². The normalized spacial score (nSPS) is 12.8. The number of aromatic hydroxyl groups is 1. The van der Waals surface area contributed by atoms with Crippen LogP contribution in [0.15, 0.2) is 12.1 Å². The first-order valence-corrected chi connectivity index (χ1v) is 6.94. The summed E-state index contributed by atoms with van der Waals surface area (Å²) in [7, 11) is 0. The van der Waals surface area contributed by atoms with Crippen LogP contribution < -0.4 is 0 Å². The topological polar surface area (TPSA) is 20.2 Å². The predicted octanol–water partition coefficient (Wildman–Crippen LogP) is 4.94. The van der Waals surface area contributed by atoms with Gasteiger partial charge in [-0.1, -0.05) is 61.0 Å². The smallest absolute Gasteiger partial charge is 0.119 e. The molecule has 0 saturated carbocycles. The largest absolute Gasteiger partial charge is 0.508 e. The van der Waals surface area contributed by atoms with E-state index < -0.39 is 0 Å². The van der Waals surface area contributed by atoms with Gasteiger partial charge in [0.1, 0.15) is 5.75 Å². The molecule has 1 aromatic rings. The molecule has 0 spiro atoms. The van der Waals surface area contributed by atoms with Crippen molar-refractivity contribution >= 4 is 0 Å². The summed E-state index contributed by atoms with van der Waals surface area (Å²) in [6.07, 6.45) is 2.01. The molecule has 1 N–H and O–H groups in total. The van der Waals surface area contributed by atoms with Crippen molar-refractivity contribution in [2.24, 2.45) is 0 Å². The molecule has 0 fully saturated rings. The summed E-state index contributed by atoms with van der Waals surface area (Å²) in [4.78, 5) is 0. The Morgan fingerprint density at radius 1 is 0.889 bits per heavy atom. The third-order valence-corrected chi connectivity index (χ3v) is 3.35. The van der Waals surface area contributed by atoms with Crippen molar-refractivity contribution in [1.29, 1.82) is 0 Å². The maximum absolute atomic E-state index is 10.2. The molecule has 0 heterocycles. The Hall–Kier alpha value is -0.980. The number of phenols is 1. The molecular formula is C17H28O. The molecule has 0 radical (unpaired) electrons. The van der Waals surface area contributed by atoms with Crippen molar-refractivity contribution in [2.75, 3.05) is 0 Å². The highest BCUT2D eigenvalue weighted by molar-refractivity contribution is 5.47. The number of rotatable bonds is 2. The van der Waals surface area contributed by atoms with Crippen molar-refractivity contribution in [3.05, 3.63) is 28.8 Å². The SMILES string of the molecule is CCCc1cc(C(C)(C)C)c(C(C)(C)C)cc1O. The molecule has 0 aliphatic rings. The first kappa shape index (κ1) is 15.1. The van der Waals surface area contributed by atoms with Gasteiger partial charge in [-0.25, -0.2) is 0 Å². The highest BCUT2D eigenvalue weighted by Crippen LogP contribution is 2.38. The van der Waals surface area contributed by atoms with Crippen LogP contribution in [-0.4, -0.2) is 5.11 Å². The van der Waals surface area contributed by atoms with Crippen LogP contribution in [0.2, 0.25) is 0 Å². The summed E-state index contributed by atoms with van der Waals surface area (Å²) in [6.45, 7) is 15.5. The lowest BCUT2D eigenvalue weighted by atomic mass is 9.74. The number of hydrogen-bond acceptors (Lipinski definition) is 1. The standard InChI is InChI=1S/C17H28O/c1-8-9-12-10-13(16(2,3)4)14(11-15(12)18)17(5,6)7/h10-11,18H,8-9H2,1-7H3. The molecule has 0 aromatic heterocycles. The molecule has 0 aliphatic carbocycles. The van der Waals surface area contributed by atoms with E-state index in [1.54, 1.807) is 0 Å². The Morgan fingerprint density at radius 3 is 1.72 bits per heavy atom. The van der Waals surface area contributed by atoms with Crippen molar-refractivity contribution in [3.8, 4) is 5.75 Å². The zero-order valence-electron chi connectivity index (χ0n) is 13.0. The minimum absolute atomic E-state index is 0.0604. The van der Waals surface area contributed by atoms with Gasteiger partial charge in [0.15, 0.2) is 0 Å². The van der Waals surface area contributed by atoms with Crippen LogP contribution in [0.3, 0.4) is 0 Å². The van der Waals surface area contributed by atoms with Gasteiger partial charge in [0.05, 0.1) is 0 Å². The maximum atomic E-state index is 10.2. The third kappa shape index (κ3) is 3.28. The van der Waals surface area contributed by atoms with Crippen LogP contribution in [0.1, 0.15) is 71.6 Å². The molecule has 0 saturated heterocycles. The monoisotopic (exact) mass is 248 g/mol. The minimum atomic E-state index is 0.0604. The first-order chi connectivity index (χ1) is 8.07. The summed E-state index contributed by atoms with van der Waals surface area (Å²) >= 11 is 0. The second-order valence-electron chi connectivity index (χ2n) is 7.28. The number of hydrogen-bond donors (Lipinski definition) is 1. The molecule has 102 valence electrons. The molecule has 1 aromatic carbocycles. The average Bonchev–Trinajstić information content (AvgIpc) is 2.17. The summed E-state index contributed by atoms with van der Waals surface area (Å²) in [6, 6.07) is 4.19. The van der Waals surface area contributed by atoms with E-state index in [1.165, 1.54) is 11.1 Å². The maximum Gasteiger partial charge on any atom is 0.119 e. The minimum Gasteiger partial charge on any atom is -0.508 e. The van der Waals surface area contributed by atoms with Gasteiger partial charge in [-0.15, -0.1) is 0 Å². The fraction of sp³-hybridized carbons (Fsp3) is 0.647. The lowest BCUT2D eigenvalue weighted by Crippen LogP contribution is -2.22. The van der Waals surface area contributed by atoms with E-state index in [-0.39, 0.29) is 10.8 Å². The van der Waals surface area contributed by atoms with E-state index in [2.05, 4.69) is 54.5 Å². The zero-order valence-corrected chi connectivity index (χ0v) is 13.0. The Morgan fingerprint density at radius 2 is 1.33 bits per heavy atom. The van der Waals surface area contributed by atoms with Crippen LogP contribution >= 0.6 is 0 Å². The molecule has 1 rings (SSSR count). The number of aryl methyl sites for hydroxylation is 1. The zero-order chi connectivity index (χ0) is 14.1. The Kier molecular flexibility index (Phi) is 4.15. The van der Waals surface area contributed by atoms with Gasteiger partial charge in [-0.05, 0) is 40.0 Å². The highest BCUT2D eigenvalue weighted by atomic mass is 16.3. The summed E-state index contributed by atoms with van der Waals surface area (Å²) < 4.78 is 0. The third-order valence-electron chi connectivity index (χ3n) is 3.35. The molecule has 0 aliphatic heterocycles. The summed E-state index contributed by atoms with van der Waals surface area (Å²) in [5.74, 6) is 0.453. The number of phenolic OH excluding ortho intramolecular Hbond substituents is 1. The van der Waals surface area contributed by atoms with E-state index in [0.717, 1.165) is 18.4 Å². The molecular weight excluding hydrogens is 220 g/mol. The van der Waals surface area contributed by atoms with Gasteiger partial charge in [0, 0.05) is 0 Å². The van der Waals surface area contributed by atoms with Crippen molar-refractivity contribution in [2.45, 2.75) is 72.1 Å². The Bertz CT molecular complexity index is 416. The lowest BCUT2D eigenvalue weighted by molar-refractivity contribution is 0.458. The quantitative estimate of drug-likeness (QED) is 0.786. The van der Waals surface area contributed by atoms with Gasteiger partial charge in [-0.3, -0.25) is 0 Å². The van der Waals surface area contributed by atoms with E-state index >= 15 is 0 Å². The van der Waals surface area contributed by atoms with E-state index in [1.807, 2.05) is 6.07 Å². The number of benzene rings is 1. The van der Waals surface area contributed by atoms with Gasteiger partial charge in [0.2, 0.25) is 0 Å². The fourth-order valence-corrected chi connectivity index (χ4v) is 2.34. The van der Waals surface area contributed by atoms with Gasteiger partial charge in [0.25, 0.3) is 0 Å². The van der Waals surface area contributed by atoms with Gasteiger partial charge >= 0.3 is 0 Å². The highest BCUT2D eigenvalue weighted by Gasteiger charge is 2.26. The second-order valence-corrected chi connectivity index (χ2v) is 7.28. The van der Waals surface area contributed by atoms with Crippen molar-refractivity contribution in [1.82, 2.24) is 0 Å². The Balaban J connectivity index is 3.48. The van der Waals surface area contributed by atoms with E-state index in [9.17, 15) is 5.11 Å². The first-order valence-electron chi connectivity index (χ1n) is 6.94. The van der Waals surface area contributed by atoms with Gasteiger partial charge < -0.3 is 5.11 Å². The van der Waals surface area contributed by atoms with Crippen molar-refractivity contribution < 1.29 is 5.11 Å². The molecule has 0 unspecified atom stereocenters. The molecule has 0 bridgehead atoms. The van der Waals surface area contributed by atoms with Gasteiger partial charge in [-0.2, -0.15) is 0 Å². The average molecular weight is 248 g/mol. The fourth-order valence-electron chi connectivity index (χ4n) is 2.34. The Labute approximate surface area is 112 Å². The van der Waals surface area contributed by atoms with E-state index in [0.29, 0.717) is 5.75 Å². The molecule has 18 heavy (non-hydrogen) atoms. The summed E-state index contributed by atoms with van der Waals surface area (Å²) in [5.41, 5.74) is 3.86. The van der Waals surface area contributed by atoms with Crippen LogP contribution in [0.4, 0.5) is 0 Å². The molecule has 0 atom stereocenters. The second kappa shape index (κ2) is 4.95. The predicted molar refractivity (Wildman–Crippen MR) is 79.5 cm³/mol. The molecule has 0 amide bonds. The molecule has 1 heteroatoms. The van der Waals surface area contributed by atoms with Crippen LogP contribution in [-0.2, 0) is 17.3 Å². The van der Waals surface area contributed by atoms with E-state index in [4.69, 9.17) is 0 Å². The molecule has 1 nitrogen and oxygen atoms in total. The lowest BCUT2D eigenvalue weighted by Gasteiger charge is -2.31. The van der Waals surface area contributed by atoms with Crippen LogP contribution in [0, 0.1) is 0 Å². The van der Waals surface area contributed by atoms with Crippen LogP contribution in [0.25, 0.3) is 0 Å². The van der Waals surface area contributed by atoms with Crippen molar-refractivity contribution in [3.63, 3.8) is 0 Å².